The van der Waals surface area contributed by atoms with E-state index in [2.05, 4.69) is 217 Å². The van der Waals surface area contributed by atoms with Gasteiger partial charge in [-0.05, 0) is 144 Å². The van der Waals surface area contributed by atoms with E-state index < -0.39 is 0 Å². The van der Waals surface area contributed by atoms with Crippen molar-refractivity contribution >= 4 is 43.1 Å². The predicted octanol–water partition coefficient (Wildman–Crippen LogP) is 17.5. The Labute approximate surface area is 368 Å². The van der Waals surface area contributed by atoms with Gasteiger partial charge in [0, 0.05) is 17.1 Å². The number of fused-ring (bicyclic) bond motifs is 7. The minimum absolute atomic E-state index is 0.0436. The Bertz CT molecular complexity index is 3240. The molecular formula is C61H59N. The lowest BCUT2D eigenvalue weighted by Crippen LogP contribution is -2.17. The second-order valence-corrected chi connectivity index (χ2v) is 22.1. The van der Waals surface area contributed by atoms with E-state index >= 15 is 0 Å². The van der Waals surface area contributed by atoms with Gasteiger partial charge in [0.25, 0.3) is 0 Å². The highest BCUT2D eigenvalue weighted by molar-refractivity contribution is 6.31. The second-order valence-electron chi connectivity index (χ2n) is 22.1. The van der Waals surface area contributed by atoms with Gasteiger partial charge >= 0.3 is 0 Å². The zero-order chi connectivity index (χ0) is 43.7. The van der Waals surface area contributed by atoms with Crippen LogP contribution in [0.4, 0.5) is 0 Å². The predicted molar refractivity (Wildman–Crippen MR) is 270 cm³/mol. The molecule has 1 aromatic heterocycles. The first kappa shape index (κ1) is 40.0. The van der Waals surface area contributed by atoms with Crippen LogP contribution in [-0.4, -0.2) is 4.98 Å². The first-order valence-corrected chi connectivity index (χ1v) is 22.5. The van der Waals surface area contributed by atoms with E-state index in [1.807, 2.05) is 6.20 Å². The topological polar surface area (TPSA) is 12.9 Å². The molecule has 0 aliphatic heterocycles. The zero-order valence-electron chi connectivity index (χ0n) is 38.7. The van der Waals surface area contributed by atoms with Crippen molar-refractivity contribution in [3.8, 4) is 55.8 Å². The largest absolute Gasteiger partial charge is 0.256 e. The Hall–Kier alpha value is -6.05. The zero-order valence-corrected chi connectivity index (χ0v) is 38.7. The minimum Gasteiger partial charge on any atom is -0.256 e. The molecule has 0 radical (unpaired) electrons. The summed E-state index contributed by atoms with van der Waals surface area (Å²) >= 11 is 0. The number of aromatic nitrogens is 1. The van der Waals surface area contributed by atoms with Crippen molar-refractivity contribution in [2.45, 2.75) is 105 Å². The molecule has 0 unspecified atom stereocenters. The normalized spacial score (nSPS) is 13.2. The first-order chi connectivity index (χ1) is 29.3. The van der Waals surface area contributed by atoms with Gasteiger partial charge in [-0.3, -0.25) is 4.98 Å². The van der Waals surface area contributed by atoms with Crippen LogP contribution < -0.4 is 0 Å². The third-order valence-corrected chi connectivity index (χ3v) is 13.6. The van der Waals surface area contributed by atoms with E-state index in [0.29, 0.717) is 0 Å². The van der Waals surface area contributed by atoms with Gasteiger partial charge in [-0.25, -0.2) is 0 Å². The summed E-state index contributed by atoms with van der Waals surface area (Å²) in [7, 11) is 0. The molecule has 308 valence electrons. The summed E-state index contributed by atoms with van der Waals surface area (Å²) in [4.78, 5) is 5.10. The molecule has 0 atom stereocenters. The van der Waals surface area contributed by atoms with Crippen molar-refractivity contribution in [2.24, 2.45) is 0 Å². The summed E-state index contributed by atoms with van der Waals surface area (Å²) in [6.07, 6.45) is 1.97. The Morgan fingerprint density at radius 3 is 1.40 bits per heavy atom. The third kappa shape index (κ3) is 6.47. The lowest BCUT2D eigenvalue weighted by Gasteiger charge is -2.29. The molecule has 0 saturated carbocycles. The van der Waals surface area contributed by atoms with Crippen LogP contribution in [0.2, 0.25) is 0 Å². The molecule has 9 aromatic rings. The van der Waals surface area contributed by atoms with Gasteiger partial charge in [-0.2, -0.15) is 0 Å². The molecule has 0 amide bonds. The molecule has 1 aliphatic rings. The quantitative estimate of drug-likeness (QED) is 0.162. The van der Waals surface area contributed by atoms with Gasteiger partial charge in [0.15, 0.2) is 0 Å². The number of nitrogens with zero attached hydrogens (tertiary/aromatic N) is 1. The molecular weight excluding hydrogens is 747 g/mol. The first-order valence-electron chi connectivity index (χ1n) is 22.5. The Kier molecular flexibility index (Phi) is 8.87. The molecule has 1 nitrogen and oxygen atoms in total. The summed E-state index contributed by atoms with van der Waals surface area (Å²) < 4.78 is 0. The number of hydrogen-bond acceptors (Lipinski definition) is 1. The smallest absolute Gasteiger partial charge is 0.0780 e. The number of benzene rings is 8. The highest BCUT2D eigenvalue weighted by atomic mass is 14.7. The van der Waals surface area contributed by atoms with E-state index in [-0.39, 0.29) is 21.7 Å². The van der Waals surface area contributed by atoms with Crippen molar-refractivity contribution in [1.82, 2.24) is 4.98 Å². The monoisotopic (exact) mass is 805 g/mol. The van der Waals surface area contributed by atoms with Crippen LogP contribution in [0.3, 0.4) is 0 Å². The minimum atomic E-state index is -0.0512. The molecule has 1 heterocycles. The van der Waals surface area contributed by atoms with Crippen LogP contribution in [-0.2, 0) is 21.7 Å². The van der Waals surface area contributed by atoms with Crippen molar-refractivity contribution in [3.05, 3.63) is 162 Å². The maximum absolute atomic E-state index is 5.10. The molecule has 0 saturated heterocycles. The maximum Gasteiger partial charge on any atom is 0.0780 e. The third-order valence-electron chi connectivity index (χ3n) is 13.6. The lowest BCUT2D eigenvalue weighted by atomic mass is 9.75. The fourth-order valence-electron chi connectivity index (χ4n) is 9.97. The lowest BCUT2D eigenvalue weighted by molar-refractivity contribution is 0.568. The van der Waals surface area contributed by atoms with Gasteiger partial charge in [0.2, 0.25) is 0 Å². The average molecular weight is 806 g/mol. The number of rotatable bonds is 3. The van der Waals surface area contributed by atoms with Crippen molar-refractivity contribution in [2.75, 3.05) is 0 Å². The summed E-state index contributed by atoms with van der Waals surface area (Å²) in [5.41, 5.74) is 17.8. The fourth-order valence-corrected chi connectivity index (χ4v) is 9.97. The molecule has 0 N–H and O–H groups in total. The molecule has 0 fully saturated rings. The van der Waals surface area contributed by atoms with Gasteiger partial charge < -0.3 is 0 Å². The second kappa shape index (κ2) is 13.7. The van der Waals surface area contributed by atoms with Crippen molar-refractivity contribution in [3.63, 3.8) is 0 Å². The SMILES string of the molecule is CC(C)(C)c1cc(-c2c3c(c(-c4cc(C(C)(C)C)cc(C(C)(C)C)c4)c4cc(-c5nccc6ccccc56)ccc24)-c2cccc4c2c-3cc2ccccc24)cc(C(C)(C)C)c1. The molecule has 8 aromatic carbocycles. The van der Waals surface area contributed by atoms with E-state index in [9.17, 15) is 0 Å². The maximum atomic E-state index is 5.10. The van der Waals surface area contributed by atoms with Gasteiger partial charge in [-0.1, -0.05) is 198 Å². The number of pyridine rings is 1. The van der Waals surface area contributed by atoms with Crippen LogP contribution in [0.25, 0.3) is 98.9 Å². The molecule has 62 heavy (non-hydrogen) atoms. The molecule has 1 heteroatoms. The van der Waals surface area contributed by atoms with Gasteiger partial charge in [0.1, 0.15) is 0 Å². The Morgan fingerprint density at radius 2 is 0.823 bits per heavy atom. The summed E-state index contributed by atoms with van der Waals surface area (Å²) in [5.74, 6) is 0. The van der Waals surface area contributed by atoms with E-state index in [4.69, 9.17) is 4.98 Å². The van der Waals surface area contributed by atoms with Crippen LogP contribution in [0.1, 0.15) is 105 Å². The highest BCUT2D eigenvalue weighted by Gasteiger charge is 2.34. The fraction of sp³-hybridized carbons (Fsp3) is 0.262. The van der Waals surface area contributed by atoms with Crippen LogP contribution in [0, 0.1) is 0 Å². The molecule has 0 spiro atoms. The average Bonchev–Trinajstić information content (AvgIpc) is 3.54. The summed E-state index contributed by atoms with van der Waals surface area (Å²) in [5, 5.41) is 10.1. The van der Waals surface area contributed by atoms with Crippen molar-refractivity contribution < 1.29 is 0 Å². The molecule has 1 aliphatic carbocycles. The number of hydrogen-bond donors (Lipinski definition) is 0. The molecule has 10 rings (SSSR count). The van der Waals surface area contributed by atoms with E-state index in [1.54, 1.807) is 0 Å². The highest BCUT2D eigenvalue weighted by Crippen LogP contribution is 2.59. The summed E-state index contributed by atoms with van der Waals surface area (Å²) in [6, 6.07) is 51.4. The summed E-state index contributed by atoms with van der Waals surface area (Å²) in [6.45, 7) is 28.2. The van der Waals surface area contributed by atoms with Crippen LogP contribution >= 0.6 is 0 Å². The Balaban J connectivity index is 1.46. The van der Waals surface area contributed by atoms with Crippen LogP contribution in [0.15, 0.2) is 140 Å². The van der Waals surface area contributed by atoms with Crippen molar-refractivity contribution in [1.29, 1.82) is 0 Å². The van der Waals surface area contributed by atoms with Gasteiger partial charge in [0.05, 0.1) is 5.69 Å². The molecule has 0 bridgehead atoms. The Morgan fingerprint density at radius 1 is 0.323 bits per heavy atom. The van der Waals surface area contributed by atoms with E-state index in [1.165, 1.54) is 110 Å². The van der Waals surface area contributed by atoms with E-state index in [0.717, 1.165) is 11.3 Å². The van der Waals surface area contributed by atoms with Crippen LogP contribution in [0.5, 0.6) is 0 Å². The standard InChI is InChI=1S/C61H59N/c1-58(2,3)41-28-39(29-42(34-41)59(4,5)6)52-48-25-24-38(57-46-21-16-13-18-36(46)26-27-62-57)33-50(48)53(40-30-43(60(7,8)9)35-44(31-40)61(10,11)12)55-49-23-17-22-47-45-20-15-14-19-37(45)32-51(54(47)49)56(52)55/h13-35H,1-12H3. The van der Waals surface area contributed by atoms with Gasteiger partial charge in [-0.15, -0.1) is 0 Å².